The van der Waals surface area contributed by atoms with Gasteiger partial charge in [-0.2, -0.15) is 0 Å². The largest absolute Gasteiger partial charge is 0.313 e. The molecule has 0 saturated heterocycles. The maximum absolute atomic E-state index is 12.0. The number of nitrogens with one attached hydrogen (secondary N) is 1. The summed E-state index contributed by atoms with van der Waals surface area (Å²) in [5.41, 5.74) is 1.20. The van der Waals surface area contributed by atoms with Gasteiger partial charge in [0.2, 0.25) is 0 Å². The Balaban J connectivity index is 2.49. The van der Waals surface area contributed by atoms with Gasteiger partial charge in [0.1, 0.15) is 0 Å². The van der Waals surface area contributed by atoms with Crippen LogP contribution in [0.25, 0.3) is 0 Å². The highest BCUT2D eigenvalue weighted by Crippen LogP contribution is 2.33. The van der Waals surface area contributed by atoms with Gasteiger partial charge in [-0.1, -0.05) is 25.1 Å². The fraction of sp³-hybridized carbons (Fsp3) is 0.455. The van der Waals surface area contributed by atoms with Crippen LogP contribution in [0.1, 0.15) is 24.9 Å². The van der Waals surface area contributed by atoms with Gasteiger partial charge in [-0.15, -0.1) is 0 Å². The molecule has 1 aliphatic rings. The van der Waals surface area contributed by atoms with Crippen molar-refractivity contribution in [3.05, 3.63) is 29.8 Å². The first-order valence-electron chi connectivity index (χ1n) is 4.91. The average Bonchev–Trinajstić information content (AvgIpc) is 2.23. The smallest absolute Gasteiger partial charge is 0.0562 e. The third-order valence-electron chi connectivity index (χ3n) is 2.79. The summed E-state index contributed by atoms with van der Waals surface area (Å²) in [7, 11) is 1.14. The van der Waals surface area contributed by atoms with Crippen molar-refractivity contribution in [1.29, 1.82) is 0 Å². The molecule has 0 saturated carbocycles. The minimum absolute atomic E-state index is 0.252. The van der Waals surface area contributed by atoms with Gasteiger partial charge in [0.05, 0.1) is 10.8 Å². The van der Waals surface area contributed by atoms with Crippen molar-refractivity contribution in [1.82, 2.24) is 5.32 Å². The summed E-state index contributed by atoms with van der Waals surface area (Å²) in [6.07, 6.45) is 0.958. The molecule has 0 bridgehead atoms. The van der Waals surface area contributed by atoms with E-state index in [1.807, 2.05) is 25.2 Å². The van der Waals surface area contributed by atoms with E-state index in [-0.39, 0.29) is 5.25 Å². The van der Waals surface area contributed by atoms with E-state index in [9.17, 15) is 4.21 Å². The highest BCUT2D eigenvalue weighted by atomic mass is 32.2. The molecule has 2 nitrogen and oxygen atoms in total. The predicted molar refractivity (Wildman–Crippen MR) is 58.7 cm³/mol. The second kappa shape index (κ2) is 3.83. The molecule has 0 amide bonds. The summed E-state index contributed by atoms with van der Waals surface area (Å²) >= 11 is 0. The molecular weight excluding hydrogens is 194 g/mol. The first-order chi connectivity index (χ1) is 6.74. The molecule has 0 spiro atoms. The summed E-state index contributed by atoms with van der Waals surface area (Å²) in [6.45, 7) is 2.05. The van der Waals surface area contributed by atoms with Gasteiger partial charge in [-0.25, -0.2) is 0 Å². The van der Waals surface area contributed by atoms with Gasteiger partial charge >= 0.3 is 0 Å². The molecule has 76 valence electrons. The molecule has 1 aromatic carbocycles. The van der Waals surface area contributed by atoms with Crippen LogP contribution in [-0.2, 0) is 10.8 Å². The SMILES string of the molecule is CNC1CC(C)S(=O)c2ccccc21. The summed E-state index contributed by atoms with van der Waals surface area (Å²) in [5.74, 6) is 0. The lowest BCUT2D eigenvalue weighted by Gasteiger charge is -2.28. The number of fused-ring (bicyclic) bond motifs is 1. The molecule has 1 N–H and O–H groups in total. The standard InChI is InChI=1S/C11H15NOS/c1-8-7-10(12-2)9-5-3-4-6-11(9)14(8)13/h3-6,8,10,12H,7H2,1-2H3. The monoisotopic (exact) mass is 209 g/mol. The Bertz CT molecular complexity index is 364. The van der Waals surface area contributed by atoms with E-state index in [0.29, 0.717) is 6.04 Å². The molecule has 3 atom stereocenters. The van der Waals surface area contributed by atoms with Gasteiger partial charge in [0, 0.05) is 16.2 Å². The summed E-state index contributed by atoms with van der Waals surface area (Å²) in [5, 5.41) is 3.53. The molecule has 3 unspecified atom stereocenters. The van der Waals surface area contributed by atoms with Crippen LogP contribution in [0.3, 0.4) is 0 Å². The fourth-order valence-corrected chi connectivity index (χ4v) is 3.44. The highest BCUT2D eigenvalue weighted by Gasteiger charge is 2.28. The zero-order chi connectivity index (χ0) is 10.1. The number of hydrogen-bond acceptors (Lipinski definition) is 2. The van der Waals surface area contributed by atoms with Gasteiger partial charge in [0.25, 0.3) is 0 Å². The minimum atomic E-state index is -0.822. The van der Waals surface area contributed by atoms with Crippen LogP contribution >= 0.6 is 0 Å². The normalized spacial score (nSPS) is 31.1. The van der Waals surface area contributed by atoms with Crippen molar-refractivity contribution in [2.45, 2.75) is 29.5 Å². The summed E-state index contributed by atoms with van der Waals surface area (Å²) in [6, 6.07) is 8.38. The van der Waals surface area contributed by atoms with Gasteiger partial charge in [-0.3, -0.25) is 4.21 Å². The van der Waals surface area contributed by atoms with Crippen LogP contribution in [0, 0.1) is 0 Å². The Morgan fingerprint density at radius 3 is 2.86 bits per heavy atom. The lowest BCUT2D eigenvalue weighted by molar-refractivity contribution is 0.518. The average molecular weight is 209 g/mol. The zero-order valence-corrected chi connectivity index (χ0v) is 9.30. The number of rotatable bonds is 1. The molecule has 1 aromatic rings. The van der Waals surface area contributed by atoms with E-state index in [0.717, 1.165) is 11.3 Å². The second-order valence-corrected chi connectivity index (χ2v) is 5.56. The van der Waals surface area contributed by atoms with Crippen LogP contribution in [0.2, 0.25) is 0 Å². The minimum Gasteiger partial charge on any atom is -0.313 e. The molecule has 0 radical (unpaired) electrons. The summed E-state index contributed by atoms with van der Waals surface area (Å²) in [4.78, 5) is 1.01. The van der Waals surface area contributed by atoms with Crippen LogP contribution in [0.4, 0.5) is 0 Å². The van der Waals surface area contributed by atoms with E-state index < -0.39 is 10.8 Å². The molecule has 0 aliphatic carbocycles. The maximum Gasteiger partial charge on any atom is 0.0562 e. The van der Waals surface area contributed by atoms with Crippen LogP contribution in [0.5, 0.6) is 0 Å². The topological polar surface area (TPSA) is 29.1 Å². The van der Waals surface area contributed by atoms with E-state index >= 15 is 0 Å². The summed E-state index contributed by atoms with van der Waals surface area (Å²) < 4.78 is 12.0. The van der Waals surface area contributed by atoms with Crippen LogP contribution in [-0.4, -0.2) is 16.5 Å². The van der Waals surface area contributed by atoms with Crippen LogP contribution in [0.15, 0.2) is 29.2 Å². The Kier molecular flexibility index (Phi) is 2.70. The molecule has 2 rings (SSSR count). The zero-order valence-electron chi connectivity index (χ0n) is 8.49. The van der Waals surface area contributed by atoms with Crippen molar-refractivity contribution in [3.63, 3.8) is 0 Å². The second-order valence-electron chi connectivity index (χ2n) is 3.72. The molecule has 0 fully saturated rings. The first kappa shape index (κ1) is 9.87. The van der Waals surface area contributed by atoms with Crippen molar-refractivity contribution in [3.8, 4) is 0 Å². The Hall–Kier alpha value is -0.670. The molecular formula is C11H15NOS. The highest BCUT2D eigenvalue weighted by molar-refractivity contribution is 7.85. The molecule has 1 aliphatic heterocycles. The van der Waals surface area contributed by atoms with Gasteiger partial charge < -0.3 is 5.32 Å². The van der Waals surface area contributed by atoms with Crippen molar-refractivity contribution in [2.75, 3.05) is 7.05 Å². The maximum atomic E-state index is 12.0. The third-order valence-corrected chi connectivity index (χ3v) is 4.52. The fourth-order valence-electron chi connectivity index (χ4n) is 1.99. The lowest BCUT2D eigenvalue weighted by atomic mass is 10.0. The third kappa shape index (κ3) is 1.51. The Morgan fingerprint density at radius 1 is 1.43 bits per heavy atom. The molecule has 1 heterocycles. The first-order valence-corrected chi connectivity index (χ1v) is 6.12. The van der Waals surface area contributed by atoms with Crippen molar-refractivity contribution in [2.24, 2.45) is 0 Å². The van der Waals surface area contributed by atoms with E-state index in [1.165, 1.54) is 5.56 Å². The Morgan fingerprint density at radius 2 is 2.14 bits per heavy atom. The lowest BCUT2D eigenvalue weighted by Crippen LogP contribution is -2.29. The van der Waals surface area contributed by atoms with Gasteiger partial charge in [-0.05, 0) is 25.1 Å². The van der Waals surface area contributed by atoms with Crippen molar-refractivity contribution < 1.29 is 4.21 Å². The van der Waals surface area contributed by atoms with Gasteiger partial charge in [0.15, 0.2) is 0 Å². The number of benzene rings is 1. The predicted octanol–water partition coefficient (Wildman–Crippen LogP) is 1.85. The quantitative estimate of drug-likeness (QED) is 0.764. The van der Waals surface area contributed by atoms with E-state index in [1.54, 1.807) is 0 Å². The van der Waals surface area contributed by atoms with Crippen molar-refractivity contribution >= 4 is 10.8 Å². The molecule has 0 aromatic heterocycles. The molecule has 14 heavy (non-hydrogen) atoms. The molecule has 3 heteroatoms. The Labute approximate surface area is 87.2 Å². The van der Waals surface area contributed by atoms with E-state index in [4.69, 9.17) is 0 Å². The number of hydrogen-bond donors (Lipinski definition) is 1. The van der Waals surface area contributed by atoms with Crippen LogP contribution < -0.4 is 5.32 Å². The van der Waals surface area contributed by atoms with E-state index in [2.05, 4.69) is 18.3 Å².